The molecule has 0 radical (unpaired) electrons. The summed E-state index contributed by atoms with van der Waals surface area (Å²) in [5.41, 5.74) is 4.13. The molecule has 44 heavy (non-hydrogen) atoms. The SMILES string of the molecule is CC(CCCC(C)(C)O)C1C(O)C(O)(CN)[C@@]2(C)[C@@H]3CCC4C(C)(C)[C@@H](OC5C[C@@H](O)CCO5)CCC45[C@@H](C)[C@@]35CC[C@]12C. The van der Waals surface area contributed by atoms with Gasteiger partial charge in [0.25, 0.3) is 0 Å². The highest BCUT2D eigenvalue weighted by Gasteiger charge is 2.89. The second kappa shape index (κ2) is 10.6. The van der Waals surface area contributed by atoms with Crippen LogP contribution in [0.4, 0.5) is 0 Å². The lowest BCUT2D eigenvalue weighted by molar-refractivity contribution is -0.255. The number of ether oxygens (including phenoxy) is 2. The molecular formula is C37H65NO6. The zero-order valence-electron chi connectivity index (χ0n) is 29.1. The summed E-state index contributed by atoms with van der Waals surface area (Å²) in [6, 6.07) is 0. The Labute approximate surface area is 267 Å². The lowest BCUT2D eigenvalue weighted by atomic mass is 9.40. The first kappa shape index (κ1) is 33.6. The molecule has 14 atom stereocenters. The van der Waals surface area contributed by atoms with Gasteiger partial charge in [-0.15, -0.1) is 0 Å². The molecule has 1 heterocycles. The normalized spacial score (nSPS) is 53.7. The molecule has 254 valence electrons. The van der Waals surface area contributed by atoms with E-state index >= 15 is 0 Å². The van der Waals surface area contributed by atoms with Crippen molar-refractivity contribution in [2.24, 2.45) is 62.4 Å². The van der Waals surface area contributed by atoms with E-state index < -0.39 is 22.7 Å². The van der Waals surface area contributed by atoms with Crippen LogP contribution < -0.4 is 5.73 Å². The Morgan fingerprint density at radius 1 is 0.977 bits per heavy atom. The van der Waals surface area contributed by atoms with Crippen LogP contribution in [0.15, 0.2) is 0 Å². The Morgan fingerprint density at radius 2 is 1.64 bits per heavy atom. The van der Waals surface area contributed by atoms with Crippen LogP contribution in [0.1, 0.15) is 126 Å². The minimum absolute atomic E-state index is 0.0225. The molecule has 7 heteroatoms. The summed E-state index contributed by atoms with van der Waals surface area (Å²) in [5, 5.41) is 45.4. The van der Waals surface area contributed by atoms with E-state index in [1.165, 1.54) is 0 Å². The second-order valence-corrected chi connectivity index (χ2v) is 18.3. The van der Waals surface area contributed by atoms with E-state index in [1.54, 1.807) is 0 Å². The molecule has 0 aromatic rings. The van der Waals surface area contributed by atoms with Gasteiger partial charge in [-0.25, -0.2) is 0 Å². The van der Waals surface area contributed by atoms with Gasteiger partial charge in [-0.05, 0) is 116 Å². The number of aliphatic hydroxyl groups excluding tert-OH is 2. The van der Waals surface area contributed by atoms with Gasteiger partial charge in [0.2, 0.25) is 0 Å². The van der Waals surface area contributed by atoms with Gasteiger partial charge in [0.05, 0.1) is 30.5 Å². The van der Waals surface area contributed by atoms with Crippen LogP contribution in [0.3, 0.4) is 0 Å². The van der Waals surface area contributed by atoms with Gasteiger partial charge in [0.1, 0.15) is 5.60 Å². The van der Waals surface area contributed by atoms with Crippen molar-refractivity contribution >= 4 is 0 Å². The van der Waals surface area contributed by atoms with Gasteiger partial charge < -0.3 is 35.6 Å². The Morgan fingerprint density at radius 3 is 2.27 bits per heavy atom. The zero-order chi connectivity index (χ0) is 32.3. The third kappa shape index (κ3) is 4.18. The van der Waals surface area contributed by atoms with Crippen molar-refractivity contribution in [3.63, 3.8) is 0 Å². The first-order valence-electron chi connectivity index (χ1n) is 18.2. The summed E-state index contributed by atoms with van der Waals surface area (Å²) in [5.74, 6) is 1.58. The topological polar surface area (TPSA) is 125 Å². The lowest BCUT2D eigenvalue weighted by Crippen LogP contribution is -2.66. The van der Waals surface area contributed by atoms with Crippen LogP contribution >= 0.6 is 0 Å². The van der Waals surface area contributed by atoms with Crippen molar-refractivity contribution in [2.75, 3.05) is 13.2 Å². The molecule has 1 saturated heterocycles. The monoisotopic (exact) mass is 619 g/mol. The molecule has 0 bridgehead atoms. The standard InChI is InChI=1S/C37H65NO6/c1-22(10-9-15-31(3,4)41)29-30(40)37(42,21-38)34(8)26-12-11-25-32(5,6)27(44-28-20-24(39)14-19-43-28)13-16-35(25)23(2)36(26,35)18-17-33(29,34)7/h22-30,39-42H,9-21,38H2,1-8H3/t22?,23-,24+,25?,26+,27+,28?,29?,30?,33-,34+,35?,36+,37?/m1/s1. The summed E-state index contributed by atoms with van der Waals surface area (Å²) in [6.45, 7) is 18.7. The molecule has 0 aromatic heterocycles. The van der Waals surface area contributed by atoms with E-state index in [9.17, 15) is 20.4 Å². The number of hydrogen-bond acceptors (Lipinski definition) is 7. The molecule has 0 aromatic carbocycles. The van der Waals surface area contributed by atoms with Crippen LogP contribution in [0.25, 0.3) is 0 Å². The zero-order valence-corrected chi connectivity index (χ0v) is 29.1. The molecule has 1 aliphatic heterocycles. The molecule has 7 nitrogen and oxygen atoms in total. The van der Waals surface area contributed by atoms with Crippen molar-refractivity contribution in [2.45, 2.75) is 162 Å². The largest absolute Gasteiger partial charge is 0.393 e. The van der Waals surface area contributed by atoms with Crippen LogP contribution in [-0.2, 0) is 9.47 Å². The average Bonchev–Trinajstić information content (AvgIpc) is 3.43. The Kier molecular flexibility index (Phi) is 8.10. The first-order chi connectivity index (χ1) is 20.4. The molecule has 2 spiro atoms. The molecule has 6 aliphatic rings. The second-order valence-electron chi connectivity index (χ2n) is 18.3. The maximum atomic E-state index is 12.7. The van der Waals surface area contributed by atoms with Crippen molar-refractivity contribution in [3.8, 4) is 0 Å². The maximum Gasteiger partial charge on any atom is 0.160 e. The third-order valence-electron chi connectivity index (χ3n) is 16.2. The van der Waals surface area contributed by atoms with Crippen molar-refractivity contribution in [1.29, 1.82) is 0 Å². The highest BCUT2D eigenvalue weighted by Crippen LogP contribution is 2.92. The number of hydrogen-bond donors (Lipinski definition) is 5. The highest BCUT2D eigenvalue weighted by atomic mass is 16.7. The minimum Gasteiger partial charge on any atom is -0.393 e. The molecule has 6 rings (SSSR count). The van der Waals surface area contributed by atoms with E-state index in [0.29, 0.717) is 37.2 Å². The highest BCUT2D eigenvalue weighted by molar-refractivity contribution is 5.37. The molecule has 6 fully saturated rings. The molecule has 5 saturated carbocycles. The average molecular weight is 620 g/mol. The fraction of sp³-hybridized carbons (Fsp3) is 1.00. The molecule has 7 unspecified atom stereocenters. The summed E-state index contributed by atoms with van der Waals surface area (Å²) >= 11 is 0. The van der Waals surface area contributed by atoms with Crippen LogP contribution in [0.5, 0.6) is 0 Å². The van der Waals surface area contributed by atoms with Crippen LogP contribution in [-0.4, -0.2) is 69.4 Å². The van der Waals surface area contributed by atoms with E-state index in [0.717, 1.165) is 57.8 Å². The Bertz CT molecular complexity index is 1090. The molecule has 6 N–H and O–H groups in total. The molecule has 5 aliphatic carbocycles. The van der Waals surface area contributed by atoms with Crippen molar-refractivity contribution < 1.29 is 29.9 Å². The number of nitrogens with two attached hydrogens (primary N) is 1. The summed E-state index contributed by atoms with van der Waals surface area (Å²) < 4.78 is 12.6. The first-order valence-corrected chi connectivity index (χ1v) is 18.2. The van der Waals surface area contributed by atoms with Gasteiger partial charge in [-0.1, -0.05) is 54.4 Å². The van der Waals surface area contributed by atoms with E-state index in [-0.39, 0.29) is 58.5 Å². The van der Waals surface area contributed by atoms with Crippen LogP contribution in [0, 0.1) is 56.7 Å². The summed E-state index contributed by atoms with van der Waals surface area (Å²) in [6.07, 6.45) is 8.81. The predicted molar refractivity (Wildman–Crippen MR) is 171 cm³/mol. The Balaban J connectivity index is 1.30. The van der Waals surface area contributed by atoms with Crippen LogP contribution in [0.2, 0.25) is 0 Å². The minimum atomic E-state index is -1.33. The summed E-state index contributed by atoms with van der Waals surface area (Å²) in [4.78, 5) is 0. The lowest BCUT2D eigenvalue weighted by Gasteiger charge is -2.65. The summed E-state index contributed by atoms with van der Waals surface area (Å²) in [7, 11) is 0. The van der Waals surface area contributed by atoms with E-state index in [1.807, 2.05) is 13.8 Å². The van der Waals surface area contributed by atoms with Crippen molar-refractivity contribution in [3.05, 3.63) is 0 Å². The molecule has 0 amide bonds. The quantitative estimate of drug-likeness (QED) is 0.230. The number of fused-ring (bicyclic) bond motifs is 2. The smallest absolute Gasteiger partial charge is 0.160 e. The maximum absolute atomic E-state index is 12.7. The van der Waals surface area contributed by atoms with Gasteiger partial charge in [0.15, 0.2) is 6.29 Å². The van der Waals surface area contributed by atoms with Gasteiger partial charge in [-0.3, -0.25) is 0 Å². The number of rotatable bonds is 8. The van der Waals surface area contributed by atoms with E-state index in [2.05, 4.69) is 41.5 Å². The number of aliphatic hydroxyl groups is 4. The fourth-order valence-electron chi connectivity index (χ4n) is 14.0. The van der Waals surface area contributed by atoms with Crippen molar-refractivity contribution in [1.82, 2.24) is 0 Å². The van der Waals surface area contributed by atoms with Gasteiger partial charge >= 0.3 is 0 Å². The van der Waals surface area contributed by atoms with Gasteiger partial charge in [0, 0.05) is 18.4 Å². The van der Waals surface area contributed by atoms with E-state index in [4.69, 9.17) is 15.2 Å². The fourth-order valence-corrected chi connectivity index (χ4v) is 14.0. The predicted octanol–water partition coefficient (Wildman–Crippen LogP) is 5.40. The Hall–Kier alpha value is -0.280. The molecular weight excluding hydrogens is 554 g/mol. The van der Waals surface area contributed by atoms with Gasteiger partial charge in [-0.2, -0.15) is 0 Å². The third-order valence-corrected chi connectivity index (χ3v) is 16.2.